The zero-order chi connectivity index (χ0) is 8.69. The van der Waals surface area contributed by atoms with E-state index in [1.54, 1.807) is 11.8 Å². The number of thioether (sulfide) groups is 1. The quantitative estimate of drug-likeness (QED) is 0.663. The van der Waals surface area contributed by atoms with Crippen LogP contribution in [0.25, 0.3) is 0 Å². The lowest BCUT2D eigenvalue weighted by Gasteiger charge is -2.08. The van der Waals surface area contributed by atoms with E-state index in [0.717, 1.165) is 23.2 Å². The third kappa shape index (κ3) is 7.79. The number of hydrogen-bond donors (Lipinski definition) is 1. The van der Waals surface area contributed by atoms with Crippen molar-refractivity contribution in [3.63, 3.8) is 0 Å². The van der Waals surface area contributed by atoms with E-state index in [4.69, 9.17) is 0 Å². The normalized spacial score (nSPS) is 10.2. The van der Waals surface area contributed by atoms with Crippen LogP contribution in [0, 0.1) is 5.92 Å². The summed E-state index contributed by atoms with van der Waals surface area (Å²) in [6, 6.07) is 0. The molecule has 0 heterocycles. The first-order chi connectivity index (χ1) is 5.16. The van der Waals surface area contributed by atoms with Gasteiger partial charge in [-0.2, -0.15) is 0 Å². The van der Waals surface area contributed by atoms with Crippen LogP contribution in [0.3, 0.4) is 0 Å². The molecule has 11 heavy (non-hydrogen) atoms. The highest BCUT2D eigenvalue weighted by Gasteiger charge is 1.94. The molecule has 0 atom stereocenters. The van der Waals surface area contributed by atoms with Crippen molar-refractivity contribution in [3.05, 3.63) is 11.6 Å². The zero-order valence-corrected chi connectivity index (χ0v) is 8.63. The predicted octanol–water partition coefficient (Wildman–Crippen LogP) is 2.85. The molecule has 66 valence electrons. The summed E-state index contributed by atoms with van der Waals surface area (Å²) in [5, 5.41) is 4.39. The topological polar surface area (TPSA) is 12.0 Å². The van der Waals surface area contributed by atoms with Gasteiger partial charge in [-0.05, 0) is 18.1 Å². The van der Waals surface area contributed by atoms with Crippen molar-refractivity contribution in [1.82, 2.24) is 5.32 Å². The number of hydrogen-bond acceptors (Lipinski definition) is 2. The van der Waals surface area contributed by atoms with Gasteiger partial charge in [0.15, 0.2) is 0 Å². The lowest BCUT2D eigenvalue weighted by molar-refractivity contribution is 0.569. The van der Waals surface area contributed by atoms with Crippen LogP contribution in [0.1, 0.15) is 27.2 Å². The molecule has 0 fully saturated rings. The Hall–Kier alpha value is -0.110. The van der Waals surface area contributed by atoms with Gasteiger partial charge in [-0.25, -0.2) is 0 Å². The average Bonchev–Trinajstić information content (AvgIpc) is 1.87. The molecule has 0 aliphatic heterocycles. The van der Waals surface area contributed by atoms with Crippen LogP contribution in [0.5, 0.6) is 0 Å². The fourth-order valence-electron chi connectivity index (χ4n) is 0.726. The molecule has 0 aliphatic carbocycles. The van der Waals surface area contributed by atoms with Gasteiger partial charge in [0.1, 0.15) is 0 Å². The number of nitrogens with one attached hydrogen (secondary N) is 1. The molecule has 0 saturated carbocycles. The maximum absolute atomic E-state index is 3.89. The van der Waals surface area contributed by atoms with Gasteiger partial charge in [-0.1, -0.05) is 27.4 Å². The average molecular weight is 173 g/mol. The Labute approximate surface area is 74.6 Å². The van der Waals surface area contributed by atoms with Crippen LogP contribution < -0.4 is 5.32 Å². The maximum atomic E-state index is 3.89. The van der Waals surface area contributed by atoms with Gasteiger partial charge in [0.05, 0.1) is 5.03 Å². The fraction of sp³-hybridized carbons (Fsp3) is 0.778. The van der Waals surface area contributed by atoms with Crippen molar-refractivity contribution in [3.8, 4) is 0 Å². The molecule has 0 spiro atoms. The van der Waals surface area contributed by atoms with E-state index in [-0.39, 0.29) is 0 Å². The third-order valence-electron chi connectivity index (χ3n) is 1.36. The molecular weight excluding hydrogens is 154 g/mol. The number of rotatable bonds is 6. The summed E-state index contributed by atoms with van der Waals surface area (Å²) in [4.78, 5) is 0. The van der Waals surface area contributed by atoms with Gasteiger partial charge >= 0.3 is 0 Å². The molecule has 0 unspecified atom stereocenters. The Kier molecular flexibility index (Phi) is 6.52. The molecule has 0 amide bonds. The lowest BCUT2D eigenvalue weighted by Crippen LogP contribution is -2.13. The minimum atomic E-state index is 0.780. The molecule has 2 heteroatoms. The first-order valence-corrected chi connectivity index (χ1v) is 5.21. The van der Waals surface area contributed by atoms with Gasteiger partial charge < -0.3 is 5.32 Å². The highest BCUT2D eigenvalue weighted by molar-refractivity contribution is 8.02. The molecule has 0 saturated heterocycles. The molecule has 0 aromatic rings. The van der Waals surface area contributed by atoms with Crippen molar-refractivity contribution >= 4 is 11.8 Å². The molecule has 1 nitrogen and oxygen atoms in total. The van der Waals surface area contributed by atoms with Crippen LogP contribution in [0.2, 0.25) is 0 Å². The first kappa shape index (κ1) is 10.9. The van der Waals surface area contributed by atoms with Gasteiger partial charge in [0.25, 0.3) is 0 Å². The van der Waals surface area contributed by atoms with Crippen LogP contribution in [-0.2, 0) is 0 Å². The summed E-state index contributed by atoms with van der Waals surface area (Å²) >= 11 is 1.78. The van der Waals surface area contributed by atoms with Crippen LogP contribution >= 0.6 is 11.8 Å². The molecule has 0 aromatic carbocycles. The van der Waals surface area contributed by atoms with Crippen molar-refractivity contribution in [2.75, 3.05) is 12.3 Å². The van der Waals surface area contributed by atoms with E-state index in [9.17, 15) is 0 Å². The summed E-state index contributed by atoms with van der Waals surface area (Å²) < 4.78 is 0. The Balaban J connectivity index is 3.17. The monoisotopic (exact) mass is 173 g/mol. The molecule has 0 aromatic heterocycles. The maximum Gasteiger partial charge on any atom is 0.0608 e. The highest BCUT2D eigenvalue weighted by Crippen LogP contribution is 2.08. The van der Waals surface area contributed by atoms with E-state index in [2.05, 4.69) is 32.7 Å². The van der Waals surface area contributed by atoms with Crippen molar-refractivity contribution < 1.29 is 0 Å². The van der Waals surface area contributed by atoms with Gasteiger partial charge in [-0.3, -0.25) is 0 Å². The Morgan fingerprint density at radius 3 is 2.64 bits per heavy atom. The smallest absolute Gasteiger partial charge is 0.0608 e. The van der Waals surface area contributed by atoms with Crippen molar-refractivity contribution in [1.29, 1.82) is 0 Å². The Morgan fingerprint density at radius 1 is 1.55 bits per heavy atom. The summed E-state index contributed by atoms with van der Waals surface area (Å²) in [5.41, 5.74) is 0. The van der Waals surface area contributed by atoms with Crippen LogP contribution in [-0.4, -0.2) is 12.3 Å². The summed E-state index contributed by atoms with van der Waals surface area (Å²) in [6.45, 7) is 11.6. The Morgan fingerprint density at radius 2 is 2.18 bits per heavy atom. The Bertz CT molecular complexity index is 110. The summed E-state index contributed by atoms with van der Waals surface area (Å²) in [6.07, 6.45) is 1.23. The zero-order valence-electron chi connectivity index (χ0n) is 7.81. The van der Waals surface area contributed by atoms with E-state index in [0.29, 0.717) is 0 Å². The molecule has 0 radical (unpaired) electrons. The second kappa shape index (κ2) is 6.59. The van der Waals surface area contributed by atoms with Crippen LogP contribution in [0.4, 0.5) is 0 Å². The van der Waals surface area contributed by atoms with Gasteiger partial charge in [-0.15, -0.1) is 11.8 Å². The fourth-order valence-corrected chi connectivity index (χ4v) is 1.28. The third-order valence-corrected chi connectivity index (χ3v) is 2.14. The second-order valence-electron chi connectivity index (χ2n) is 2.97. The lowest BCUT2D eigenvalue weighted by atomic mass is 10.1. The van der Waals surface area contributed by atoms with Gasteiger partial charge in [0, 0.05) is 6.54 Å². The largest absolute Gasteiger partial charge is 0.380 e. The van der Waals surface area contributed by atoms with Crippen LogP contribution in [0.15, 0.2) is 11.6 Å². The highest BCUT2D eigenvalue weighted by atomic mass is 32.2. The summed E-state index contributed by atoms with van der Waals surface area (Å²) in [5.74, 6) is 1.88. The summed E-state index contributed by atoms with van der Waals surface area (Å²) in [7, 11) is 0. The second-order valence-corrected chi connectivity index (χ2v) is 4.32. The molecule has 1 N–H and O–H groups in total. The van der Waals surface area contributed by atoms with E-state index in [1.807, 2.05) is 0 Å². The van der Waals surface area contributed by atoms with Crippen molar-refractivity contribution in [2.24, 2.45) is 5.92 Å². The van der Waals surface area contributed by atoms with Crippen molar-refractivity contribution in [2.45, 2.75) is 27.2 Å². The van der Waals surface area contributed by atoms with Gasteiger partial charge in [0.2, 0.25) is 0 Å². The molecule has 0 aliphatic rings. The molecule has 0 rings (SSSR count). The SMILES string of the molecule is C=C(NCCC(C)C)SCC. The molecule has 0 bridgehead atoms. The van der Waals surface area contributed by atoms with E-state index < -0.39 is 0 Å². The molecular formula is C9H19NS. The van der Waals surface area contributed by atoms with E-state index in [1.165, 1.54) is 6.42 Å². The first-order valence-electron chi connectivity index (χ1n) is 4.22. The van der Waals surface area contributed by atoms with E-state index >= 15 is 0 Å². The standard InChI is InChI=1S/C9H19NS/c1-5-11-9(4)10-7-6-8(2)3/h8,10H,4-7H2,1-3H3. The predicted molar refractivity (Wildman–Crippen MR) is 54.7 cm³/mol. The minimum Gasteiger partial charge on any atom is -0.380 e. The minimum absolute atomic E-state index is 0.780.